The first kappa shape index (κ1) is 9.09. The Labute approximate surface area is 141 Å². The molecule has 0 saturated carbocycles. The van der Waals surface area contributed by atoms with Gasteiger partial charge in [0.05, 0.1) is 5.69 Å². The average Bonchev–Trinajstić information content (AvgIpc) is 2.59. The molecule has 3 aromatic rings. The third kappa shape index (κ3) is 3.04. The first-order valence-electron chi connectivity index (χ1n) is 10.5. The summed E-state index contributed by atoms with van der Waals surface area (Å²) in [5.41, 5.74) is 3.61. The number of aromatic nitrogens is 1. The van der Waals surface area contributed by atoms with Crippen LogP contribution in [-0.2, 0) is 6.42 Å². The Morgan fingerprint density at radius 1 is 1.09 bits per heavy atom. The minimum absolute atomic E-state index is 0.296. The van der Waals surface area contributed by atoms with Gasteiger partial charge in [-0.05, 0) is 55.3 Å². The normalized spacial score (nSPS) is 17.7. The van der Waals surface area contributed by atoms with Crippen molar-refractivity contribution >= 4 is 10.8 Å². The monoisotopic (exact) mass is 295 g/mol. The van der Waals surface area contributed by atoms with Crippen LogP contribution in [0.25, 0.3) is 22.0 Å². The van der Waals surface area contributed by atoms with Crippen molar-refractivity contribution in [1.82, 2.24) is 4.98 Å². The molecule has 0 bridgehead atoms. The molecule has 0 radical (unpaired) electrons. The summed E-state index contributed by atoms with van der Waals surface area (Å²) in [6, 6.07) is 13.0. The second kappa shape index (κ2) is 5.92. The number of hydrogen-bond donors (Lipinski definition) is 0. The first-order valence-corrected chi connectivity index (χ1v) is 7.45. The summed E-state index contributed by atoms with van der Waals surface area (Å²) in [5, 5.41) is 1.87. The summed E-state index contributed by atoms with van der Waals surface area (Å²) in [7, 11) is 0. The molecule has 1 nitrogen and oxygen atoms in total. The van der Waals surface area contributed by atoms with Gasteiger partial charge in [0.2, 0.25) is 0 Å². The molecule has 0 aliphatic carbocycles. The molecular weight excluding hydrogens is 266 g/mol. The molecule has 0 spiro atoms. The van der Waals surface area contributed by atoms with Gasteiger partial charge in [0.15, 0.2) is 0 Å². The van der Waals surface area contributed by atoms with Gasteiger partial charge in [-0.2, -0.15) is 0 Å². The Hall–Kier alpha value is -2.15. The van der Waals surface area contributed by atoms with E-state index in [1.165, 1.54) is 0 Å². The Kier molecular flexibility index (Phi) is 2.45. The lowest BCUT2D eigenvalue weighted by Gasteiger charge is -2.10. The number of nitrogens with zero attached hydrogens (tertiary/aromatic N) is 1. The van der Waals surface area contributed by atoms with Gasteiger partial charge in [-0.15, -0.1) is 0 Å². The smallest absolute Gasteiger partial charge is 0.0780 e. The van der Waals surface area contributed by atoms with Crippen LogP contribution in [0.1, 0.15) is 38.7 Å². The molecule has 1 unspecified atom stereocenters. The SMILES string of the molecule is [2H]C([2H])([2H])c1cc(C)cc(-c2nccc3cc(CC(C)C([2H])([2H])[2H])ccc23)c1. The van der Waals surface area contributed by atoms with E-state index in [2.05, 4.69) is 4.98 Å². The van der Waals surface area contributed by atoms with Crippen molar-refractivity contribution in [3.05, 3.63) is 65.4 Å². The van der Waals surface area contributed by atoms with Gasteiger partial charge >= 0.3 is 0 Å². The van der Waals surface area contributed by atoms with Crippen molar-refractivity contribution in [2.75, 3.05) is 0 Å². The lowest BCUT2D eigenvalue weighted by molar-refractivity contribution is 0.648. The number of aryl methyl sites for hydroxylation is 2. The number of fused-ring (bicyclic) bond motifs is 1. The highest BCUT2D eigenvalue weighted by atomic mass is 14.7. The highest BCUT2D eigenvalue weighted by molar-refractivity contribution is 5.95. The Balaban J connectivity index is 2.06. The third-order valence-corrected chi connectivity index (χ3v) is 3.72. The van der Waals surface area contributed by atoms with Crippen LogP contribution in [0.4, 0.5) is 0 Å². The predicted molar refractivity (Wildman–Crippen MR) is 95.2 cm³/mol. The quantitative estimate of drug-likeness (QED) is 0.602. The minimum Gasteiger partial charge on any atom is -0.256 e. The fourth-order valence-corrected chi connectivity index (χ4v) is 2.86. The van der Waals surface area contributed by atoms with E-state index >= 15 is 0 Å². The minimum atomic E-state index is -2.18. The molecule has 2 aromatic carbocycles. The van der Waals surface area contributed by atoms with E-state index in [1.54, 1.807) is 25.3 Å². The van der Waals surface area contributed by atoms with Crippen molar-refractivity contribution < 1.29 is 8.22 Å². The van der Waals surface area contributed by atoms with Gasteiger partial charge in [-0.3, -0.25) is 4.98 Å². The maximum atomic E-state index is 7.70. The number of hydrogen-bond acceptors (Lipinski definition) is 1. The van der Waals surface area contributed by atoms with Crippen LogP contribution in [0, 0.1) is 19.7 Å². The van der Waals surface area contributed by atoms with E-state index < -0.39 is 19.6 Å². The van der Waals surface area contributed by atoms with Gasteiger partial charge in [0.25, 0.3) is 0 Å². The number of pyridine rings is 1. The maximum Gasteiger partial charge on any atom is 0.0780 e. The average molecular weight is 295 g/mol. The molecule has 0 amide bonds. The molecule has 1 atom stereocenters. The van der Waals surface area contributed by atoms with E-state index in [9.17, 15) is 0 Å². The summed E-state index contributed by atoms with van der Waals surface area (Å²) in [4.78, 5) is 4.50. The predicted octanol–water partition coefficient (Wildman–Crippen LogP) is 5.72. The summed E-state index contributed by atoms with van der Waals surface area (Å²) >= 11 is 0. The number of benzene rings is 2. The van der Waals surface area contributed by atoms with Crippen LogP contribution in [0.5, 0.6) is 0 Å². The van der Waals surface area contributed by atoms with Crippen molar-refractivity contribution in [3.63, 3.8) is 0 Å². The molecule has 0 aliphatic rings. The van der Waals surface area contributed by atoms with Gasteiger partial charge < -0.3 is 0 Å². The fourth-order valence-electron chi connectivity index (χ4n) is 2.86. The van der Waals surface area contributed by atoms with Crippen molar-refractivity contribution in [2.24, 2.45) is 5.92 Å². The third-order valence-electron chi connectivity index (χ3n) is 3.72. The first-order chi connectivity index (χ1) is 12.9. The zero-order valence-corrected chi connectivity index (χ0v) is 12.9. The Morgan fingerprint density at radius 2 is 1.95 bits per heavy atom. The molecule has 0 saturated heterocycles. The maximum absolute atomic E-state index is 7.70. The summed E-state index contributed by atoms with van der Waals surface area (Å²) in [5.74, 6) is -0.426. The van der Waals surface area contributed by atoms with Crippen LogP contribution in [-0.4, -0.2) is 4.98 Å². The lowest BCUT2D eigenvalue weighted by atomic mass is 9.97. The van der Waals surface area contributed by atoms with Crippen LogP contribution < -0.4 is 0 Å². The zero-order valence-electron chi connectivity index (χ0n) is 18.9. The second-order valence-corrected chi connectivity index (χ2v) is 5.91. The Morgan fingerprint density at radius 3 is 2.77 bits per heavy atom. The molecule has 1 aromatic heterocycles. The zero-order chi connectivity index (χ0) is 20.7. The van der Waals surface area contributed by atoms with E-state index in [0.29, 0.717) is 12.0 Å². The topological polar surface area (TPSA) is 12.9 Å². The van der Waals surface area contributed by atoms with Crippen molar-refractivity contribution in [3.8, 4) is 11.3 Å². The number of rotatable bonds is 3. The van der Waals surface area contributed by atoms with Gasteiger partial charge in [-0.1, -0.05) is 49.2 Å². The van der Waals surface area contributed by atoms with E-state index in [0.717, 1.165) is 33.2 Å². The van der Waals surface area contributed by atoms with Crippen LogP contribution in [0.15, 0.2) is 48.7 Å². The highest BCUT2D eigenvalue weighted by Gasteiger charge is 2.08. The van der Waals surface area contributed by atoms with Gasteiger partial charge in [0.1, 0.15) is 0 Å². The highest BCUT2D eigenvalue weighted by Crippen LogP contribution is 2.29. The summed E-state index contributed by atoms with van der Waals surface area (Å²) in [6.45, 7) is -0.550. The lowest BCUT2D eigenvalue weighted by Crippen LogP contribution is -1.94. The molecule has 1 heteroatoms. The molecule has 22 heavy (non-hydrogen) atoms. The molecule has 0 fully saturated rings. The van der Waals surface area contributed by atoms with Gasteiger partial charge in [0, 0.05) is 25.4 Å². The van der Waals surface area contributed by atoms with Crippen LogP contribution >= 0.6 is 0 Å². The largest absolute Gasteiger partial charge is 0.256 e. The van der Waals surface area contributed by atoms with Gasteiger partial charge in [-0.25, -0.2) is 0 Å². The molecule has 3 rings (SSSR count). The van der Waals surface area contributed by atoms with Crippen molar-refractivity contribution in [2.45, 2.75) is 34.0 Å². The summed E-state index contributed by atoms with van der Waals surface area (Å²) < 4.78 is 45.8. The molecule has 1 heterocycles. The molecule has 112 valence electrons. The van der Waals surface area contributed by atoms with E-state index in [-0.39, 0.29) is 0 Å². The van der Waals surface area contributed by atoms with Crippen molar-refractivity contribution in [1.29, 1.82) is 0 Å². The fraction of sp³-hybridized carbons (Fsp3) is 0.286. The Bertz CT molecular complexity index is 1000. The van der Waals surface area contributed by atoms with E-state index in [4.69, 9.17) is 8.22 Å². The van der Waals surface area contributed by atoms with Crippen LogP contribution in [0.3, 0.4) is 0 Å². The van der Waals surface area contributed by atoms with E-state index in [1.807, 2.05) is 37.3 Å². The standard InChI is InChI=1S/C21H23N/c1-14(2)9-17-5-6-20-18(13-17)7-8-22-21(20)19-11-15(3)10-16(4)12-19/h5-8,10-14H,9H2,1-4H3/i1D3,3D3. The second-order valence-electron chi connectivity index (χ2n) is 5.91. The molecule has 0 aliphatic heterocycles. The summed E-state index contributed by atoms with van der Waals surface area (Å²) in [6.07, 6.45) is 2.17. The molecular formula is C21H23N. The van der Waals surface area contributed by atoms with Crippen LogP contribution in [0.2, 0.25) is 0 Å². The molecule has 0 N–H and O–H groups in total.